The molecule has 0 aliphatic heterocycles. The summed E-state index contributed by atoms with van der Waals surface area (Å²) in [6.45, 7) is 2.66. The Morgan fingerprint density at radius 2 is 1.70 bits per heavy atom. The van der Waals surface area contributed by atoms with Crippen LogP contribution in [0.1, 0.15) is 12.5 Å². The van der Waals surface area contributed by atoms with Gasteiger partial charge in [-0.05, 0) is 24.6 Å². The maximum absolute atomic E-state index is 11.2. The molecule has 0 saturated carbocycles. The molecule has 1 aromatic carbocycles. The highest BCUT2D eigenvalue weighted by atomic mass is 32.2. The Morgan fingerprint density at radius 1 is 1.15 bits per heavy atom. The van der Waals surface area contributed by atoms with E-state index < -0.39 is 10.8 Å². The number of nitrogens with one attached hydrogen (secondary N) is 1. The quantitative estimate of drug-likeness (QED) is 0.790. The lowest BCUT2D eigenvalue weighted by Gasteiger charge is -2.16. The third-order valence-corrected chi connectivity index (χ3v) is 3.83. The Kier molecular flexibility index (Phi) is 6.81. The summed E-state index contributed by atoms with van der Waals surface area (Å²) in [6, 6.07) is 3.99. The number of hydrogen-bond donors (Lipinski definition) is 1. The maximum Gasteiger partial charge on any atom is 0.203 e. The molecule has 1 rings (SSSR count). The van der Waals surface area contributed by atoms with E-state index in [0.29, 0.717) is 29.5 Å². The molecule has 1 aromatic rings. The molecule has 0 fully saturated rings. The fraction of sp³-hybridized carbons (Fsp3) is 0.571. The molecule has 114 valence electrons. The lowest BCUT2D eigenvalue weighted by molar-refractivity contribution is 0.323. The Bertz CT molecular complexity index is 439. The maximum atomic E-state index is 11.2. The minimum absolute atomic E-state index is 0.180. The van der Waals surface area contributed by atoms with Crippen LogP contribution in [0.2, 0.25) is 0 Å². The highest BCUT2D eigenvalue weighted by Gasteiger charge is 2.13. The van der Waals surface area contributed by atoms with Crippen molar-refractivity contribution in [3.05, 3.63) is 17.7 Å². The SMILES string of the molecule is COc1cc(CNC(C)CS(C)=O)cc(OC)c1OC. The van der Waals surface area contributed by atoms with Gasteiger partial charge < -0.3 is 19.5 Å². The van der Waals surface area contributed by atoms with Gasteiger partial charge in [-0.15, -0.1) is 0 Å². The van der Waals surface area contributed by atoms with Crippen LogP contribution in [0, 0.1) is 0 Å². The van der Waals surface area contributed by atoms with E-state index in [-0.39, 0.29) is 6.04 Å². The average molecular weight is 301 g/mol. The highest BCUT2D eigenvalue weighted by molar-refractivity contribution is 7.84. The normalized spacial score (nSPS) is 13.7. The first-order valence-corrected chi connectivity index (χ1v) is 8.06. The minimum atomic E-state index is -0.803. The van der Waals surface area contributed by atoms with Crippen LogP contribution in [0.25, 0.3) is 0 Å². The summed E-state index contributed by atoms with van der Waals surface area (Å²) in [6.07, 6.45) is 1.71. The van der Waals surface area contributed by atoms with Gasteiger partial charge in [-0.2, -0.15) is 0 Å². The van der Waals surface area contributed by atoms with Gasteiger partial charge >= 0.3 is 0 Å². The third kappa shape index (κ3) is 4.68. The van der Waals surface area contributed by atoms with Crippen molar-refractivity contribution in [3.8, 4) is 17.2 Å². The molecule has 0 amide bonds. The summed E-state index contributed by atoms with van der Waals surface area (Å²) in [5, 5.41) is 3.33. The molecule has 2 atom stereocenters. The summed E-state index contributed by atoms with van der Waals surface area (Å²) < 4.78 is 27.1. The lowest BCUT2D eigenvalue weighted by atomic mass is 10.1. The minimum Gasteiger partial charge on any atom is -0.493 e. The van der Waals surface area contributed by atoms with Crippen LogP contribution in [-0.4, -0.2) is 43.6 Å². The van der Waals surface area contributed by atoms with Crippen molar-refractivity contribution in [3.63, 3.8) is 0 Å². The zero-order chi connectivity index (χ0) is 15.1. The second-order valence-electron chi connectivity index (χ2n) is 4.56. The molecule has 0 aliphatic rings. The first-order valence-electron chi connectivity index (χ1n) is 6.34. The van der Waals surface area contributed by atoms with Crippen LogP contribution in [0.4, 0.5) is 0 Å². The molecule has 0 radical (unpaired) electrons. The molecule has 0 aliphatic carbocycles. The third-order valence-electron chi connectivity index (χ3n) is 2.86. The predicted molar refractivity (Wildman–Crippen MR) is 81.3 cm³/mol. The van der Waals surface area contributed by atoms with Gasteiger partial charge in [-0.1, -0.05) is 0 Å². The van der Waals surface area contributed by atoms with Crippen molar-refractivity contribution in [1.82, 2.24) is 5.32 Å². The fourth-order valence-corrected chi connectivity index (χ4v) is 2.76. The van der Waals surface area contributed by atoms with Crippen molar-refractivity contribution in [1.29, 1.82) is 0 Å². The average Bonchev–Trinajstić information content (AvgIpc) is 2.42. The van der Waals surface area contributed by atoms with E-state index in [0.717, 1.165) is 5.56 Å². The molecule has 1 N–H and O–H groups in total. The van der Waals surface area contributed by atoms with Gasteiger partial charge in [0.25, 0.3) is 0 Å². The van der Waals surface area contributed by atoms with Gasteiger partial charge in [-0.3, -0.25) is 4.21 Å². The van der Waals surface area contributed by atoms with Crippen LogP contribution in [0.15, 0.2) is 12.1 Å². The summed E-state index contributed by atoms with van der Waals surface area (Å²) >= 11 is 0. The zero-order valence-corrected chi connectivity index (χ0v) is 13.5. The van der Waals surface area contributed by atoms with Crippen molar-refractivity contribution < 1.29 is 18.4 Å². The van der Waals surface area contributed by atoms with Crippen LogP contribution < -0.4 is 19.5 Å². The van der Waals surface area contributed by atoms with Gasteiger partial charge in [0.1, 0.15) is 0 Å². The molecule has 2 unspecified atom stereocenters. The summed E-state index contributed by atoms with van der Waals surface area (Å²) in [7, 11) is 3.97. The number of ether oxygens (including phenoxy) is 3. The van der Waals surface area contributed by atoms with Crippen molar-refractivity contribution >= 4 is 10.8 Å². The summed E-state index contributed by atoms with van der Waals surface area (Å²) in [5.74, 6) is 2.48. The first-order chi connectivity index (χ1) is 9.51. The topological polar surface area (TPSA) is 56.8 Å². The smallest absolute Gasteiger partial charge is 0.203 e. The van der Waals surface area contributed by atoms with E-state index in [1.807, 2.05) is 19.1 Å². The number of rotatable bonds is 8. The van der Waals surface area contributed by atoms with Gasteiger partial charge in [0, 0.05) is 35.4 Å². The molecule has 6 heteroatoms. The van der Waals surface area contributed by atoms with E-state index in [9.17, 15) is 4.21 Å². The van der Waals surface area contributed by atoms with E-state index in [4.69, 9.17) is 14.2 Å². The molecule has 0 heterocycles. The summed E-state index contributed by atoms with van der Waals surface area (Å²) in [5.41, 5.74) is 1.02. The van der Waals surface area contributed by atoms with Crippen LogP contribution in [0.5, 0.6) is 17.2 Å². The van der Waals surface area contributed by atoms with Crippen molar-refractivity contribution in [2.24, 2.45) is 0 Å². The van der Waals surface area contributed by atoms with Crippen molar-refractivity contribution in [2.75, 3.05) is 33.3 Å². The molecule has 0 bridgehead atoms. The van der Waals surface area contributed by atoms with Gasteiger partial charge in [-0.25, -0.2) is 0 Å². The second-order valence-corrected chi connectivity index (χ2v) is 6.04. The van der Waals surface area contributed by atoms with E-state index in [1.54, 1.807) is 27.6 Å². The monoisotopic (exact) mass is 301 g/mol. The Balaban J connectivity index is 2.83. The molecule has 20 heavy (non-hydrogen) atoms. The molecule has 0 spiro atoms. The number of benzene rings is 1. The van der Waals surface area contributed by atoms with Gasteiger partial charge in [0.2, 0.25) is 5.75 Å². The van der Waals surface area contributed by atoms with Crippen LogP contribution >= 0.6 is 0 Å². The fourth-order valence-electron chi connectivity index (χ4n) is 1.94. The molecule has 0 aromatic heterocycles. The Labute approximate surface area is 123 Å². The van der Waals surface area contributed by atoms with Gasteiger partial charge in [0.05, 0.1) is 21.3 Å². The molecule has 0 saturated heterocycles. The van der Waals surface area contributed by atoms with Crippen LogP contribution in [0.3, 0.4) is 0 Å². The molecule has 5 nitrogen and oxygen atoms in total. The summed E-state index contributed by atoms with van der Waals surface area (Å²) in [4.78, 5) is 0. The lowest BCUT2D eigenvalue weighted by Crippen LogP contribution is -2.30. The first kappa shape index (κ1) is 16.8. The van der Waals surface area contributed by atoms with E-state index in [1.165, 1.54) is 0 Å². The molecular weight excluding hydrogens is 278 g/mol. The van der Waals surface area contributed by atoms with E-state index >= 15 is 0 Å². The largest absolute Gasteiger partial charge is 0.493 e. The number of hydrogen-bond acceptors (Lipinski definition) is 5. The van der Waals surface area contributed by atoms with E-state index in [2.05, 4.69) is 5.32 Å². The van der Waals surface area contributed by atoms with Crippen molar-refractivity contribution in [2.45, 2.75) is 19.5 Å². The Morgan fingerprint density at radius 3 is 2.10 bits per heavy atom. The zero-order valence-electron chi connectivity index (χ0n) is 12.7. The standard InChI is InChI=1S/C14H23NO4S/c1-10(9-20(5)16)15-8-11-6-12(17-2)14(19-4)13(7-11)18-3/h6-7,10,15H,8-9H2,1-5H3. The van der Waals surface area contributed by atoms with Gasteiger partial charge in [0.15, 0.2) is 11.5 Å². The molecular formula is C14H23NO4S. The Hall–Kier alpha value is -1.27. The highest BCUT2D eigenvalue weighted by Crippen LogP contribution is 2.38. The second kappa shape index (κ2) is 8.11. The van der Waals surface area contributed by atoms with Crippen LogP contribution in [-0.2, 0) is 17.3 Å². The predicted octanol–water partition coefficient (Wildman–Crippen LogP) is 1.57. The number of methoxy groups -OCH3 is 3.